The van der Waals surface area contributed by atoms with E-state index in [-0.39, 0.29) is 17.8 Å². The molecule has 6 nitrogen and oxygen atoms in total. The fraction of sp³-hybridized carbons (Fsp3) is 0.600. The first-order valence-electron chi connectivity index (χ1n) is 5.40. The van der Waals surface area contributed by atoms with Crippen LogP contribution in [0, 0.1) is 0 Å². The maximum atomic E-state index is 11.6. The third kappa shape index (κ3) is 2.86. The van der Waals surface area contributed by atoms with Gasteiger partial charge in [0.1, 0.15) is 0 Å². The quantitative estimate of drug-likeness (QED) is 0.549. The molecule has 1 rings (SSSR count). The summed E-state index contributed by atoms with van der Waals surface area (Å²) >= 11 is 0. The van der Waals surface area contributed by atoms with Crippen molar-refractivity contribution in [3.63, 3.8) is 0 Å². The van der Waals surface area contributed by atoms with Crippen molar-refractivity contribution in [1.29, 1.82) is 0 Å². The summed E-state index contributed by atoms with van der Waals surface area (Å²) in [6.07, 6.45) is 1.29. The maximum absolute atomic E-state index is 11.6. The Morgan fingerprint density at radius 1 is 1.53 bits per heavy atom. The van der Waals surface area contributed by atoms with Crippen LogP contribution in [0.5, 0.6) is 0 Å². The number of esters is 1. The van der Waals surface area contributed by atoms with Crippen molar-refractivity contribution in [3.05, 3.63) is 11.8 Å². The highest BCUT2D eigenvalue weighted by Crippen LogP contribution is 2.12. The third-order valence-electron chi connectivity index (χ3n) is 2.18. The highest BCUT2D eigenvalue weighted by atomic mass is 16.5. The van der Waals surface area contributed by atoms with E-state index < -0.39 is 18.6 Å². The Balaban J connectivity index is 3.25. The van der Waals surface area contributed by atoms with Gasteiger partial charge < -0.3 is 14.8 Å². The van der Waals surface area contributed by atoms with Crippen LogP contribution in [-0.4, -0.2) is 39.5 Å². The van der Waals surface area contributed by atoms with E-state index in [1.54, 1.807) is 6.92 Å². The highest BCUT2D eigenvalue weighted by Gasteiger charge is 2.31. The lowest BCUT2D eigenvalue weighted by molar-refractivity contribution is 0.0527. The van der Waals surface area contributed by atoms with Crippen molar-refractivity contribution in [2.75, 3.05) is 6.61 Å². The summed E-state index contributed by atoms with van der Waals surface area (Å²) in [5, 5.41) is 22.7. The summed E-state index contributed by atoms with van der Waals surface area (Å²) in [5.74, 6) is -0.605. The van der Waals surface area contributed by atoms with E-state index in [1.807, 2.05) is 20.8 Å². The zero-order chi connectivity index (χ0) is 13.2. The first kappa shape index (κ1) is 13.7. The van der Waals surface area contributed by atoms with Crippen molar-refractivity contribution in [3.8, 4) is 0 Å². The molecule has 2 N–H and O–H groups in total. The van der Waals surface area contributed by atoms with Crippen molar-refractivity contribution in [1.82, 2.24) is 9.78 Å². The highest BCUT2D eigenvalue weighted by molar-refractivity contribution is 6.59. The fourth-order valence-electron chi connectivity index (χ4n) is 1.51. The summed E-state index contributed by atoms with van der Waals surface area (Å²) in [7, 11) is -1.77. The predicted octanol–water partition coefficient (Wildman–Crippen LogP) is -0.505. The molecule has 0 radical (unpaired) electrons. The molecule has 1 heterocycles. The number of hydrogen-bond donors (Lipinski definition) is 2. The molecule has 0 bridgehead atoms. The van der Waals surface area contributed by atoms with Crippen LogP contribution in [0.2, 0.25) is 0 Å². The molecule has 0 unspecified atom stereocenters. The van der Waals surface area contributed by atoms with Gasteiger partial charge in [-0.25, -0.2) is 4.79 Å². The monoisotopic (exact) mass is 240 g/mol. The van der Waals surface area contributed by atoms with Gasteiger partial charge in [-0.1, -0.05) is 0 Å². The number of carbonyl (C=O) groups is 1. The molecule has 17 heavy (non-hydrogen) atoms. The second kappa shape index (κ2) is 4.89. The second-order valence-corrected chi connectivity index (χ2v) is 4.62. The molecule has 7 heteroatoms. The third-order valence-corrected chi connectivity index (χ3v) is 2.18. The largest absolute Gasteiger partial charge is 0.508 e. The van der Waals surface area contributed by atoms with Gasteiger partial charge in [-0.2, -0.15) is 5.10 Å². The molecule has 0 aromatic carbocycles. The number of aromatic nitrogens is 2. The van der Waals surface area contributed by atoms with Crippen molar-refractivity contribution in [2.24, 2.45) is 0 Å². The van der Waals surface area contributed by atoms with Gasteiger partial charge >= 0.3 is 13.1 Å². The molecule has 0 saturated heterocycles. The summed E-state index contributed by atoms with van der Waals surface area (Å²) in [5.41, 5.74) is -0.322. The van der Waals surface area contributed by atoms with Crippen molar-refractivity contribution < 1.29 is 19.6 Å². The van der Waals surface area contributed by atoms with E-state index in [1.165, 1.54) is 10.9 Å². The molecule has 1 aromatic rings. The smallest absolute Gasteiger partial charge is 0.462 e. The number of rotatable bonds is 3. The van der Waals surface area contributed by atoms with Crippen LogP contribution >= 0.6 is 0 Å². The van der Waals surface area contributed by atoms with E-state index >= 15 is 0 Å². The molecule has 0 aliphatic heterocycles. The zero-order valence-corrected chi connectivity index (χ0v) is 10.5. The van der Waals surface area contributed by atoms with Gasteiger partial charge in [0, 0.05) is 0 Å². The first-order valence-corrected chi connectivity index (χ1v) is 5.40. The van der Waals surface area contributed by atoms with E-state index in [2.05, 4.69) is 5.10 Å². The van der Waals surface area contributed by atoms with Crippen LogP contribution in [0.15, 0.2) is 6.20 Å². The van der Waals surface area contributed by atoms with E-state index in [0.717, 1.165) is 0 Å². The first-order chi connectivity index (χ1) is 7.79. The molecule has 1 aromatic heterocycles. The van der Waals surface area contributed by atoms with Crippen molar-refractivity contribution in [2.45, 2.75) is 33.2 Å². The summed E-state index contributed by atoms with van der Waals surface area (Å²) in [6, 6.07) is 0. The molecular weight excluding hydrogens is 223 g/mol. The number of hydrogen-bond acceptors (Lipinski definition) is 5. The van der Waals surface area contributed by atoms with Crippen LogP contribution in [0.4, 0.5) is 0 Å². The number of nitrogens with zero attached hydrogens (tertiary/aromatic N) is 2. The molecule has 0 atom stereocenters. The van der Waals surface area contributed by atoms with Gasteiger partial charge in [-0.15, -0.1) is 0 Å². The Morgan fingerprint density at radius 2 is 2.12 bits per heavy atom. The SMILES string of the molecule is CCOC(=O)c1cnn(C(C)(C)C)c1B(O)O. The Kier molecular flexibility index (Phi) is 3.95. The minimum absolute atomic E-state index is 0.0518. The van der Waals surface area contributed by atoms with Crippen LogP contribution in [0.25, 0.3) is 0 Å². The van der Waals surface area contributed by atoms with Crippen LogP contribution in [-0.2, 0) is 10.3 Å². The number of ether oxygens (including phenoxy) is 1. The molecular formula is C10H17BN2O4. The lowest BCUT2D eigenvalue weighted by Gasteiger charge is -2.22. The Hall–Kier alpha value is -1.34. The molecule has 0 fully saturated rings. The average molecular weight is 240 g/mol. The molecule has 0 spiro atoms. The topological polar surface area (TPSA) is 84.6 Å². The van der Waals surface area contributed by atoms with Gasteiger partial charge in [0.15, 0.2) is 0 Å². The van der Waals surface area contributed by atoms with Crippen LogP contribution < -0.4 is 5.59 Å². The summed E-state index contributed by atoms with van der Waals surface area (Å²) < 4.78 is 6.24. The van der Waals surface area contributed by atoms with Crippen LogP contribution in [0.1, 0.15) is 38.1 Å². The minimum Gasteiger partial charge on any atom is -0.462 e. The van der Waals surface area contributed by atoms with Crippen LogP contribution in [0.3, 0.4) is 0 Å². The predicted molar refractivity (Wildman–Crippen MR) is 63.0 cm³/mol. The fourth-order valence-corrected chi connectivity index (χ4v) is 1.51. The Labute approximate surface area is 100 Å². The zero-order valence-electron chi connectivity index (χ0n) is 10.5. The summed E-state index contributed by atoms with van der Waals surface area (Å²) in [6.45, 7) is 7.45. The van der Waals surface area contributed by atoms with E-state index in [9.17, 15) is 14.8 Å². The van der Waals surface area contributed by atoms with Gasteiger partial charge in [0.05, 0.1) is 29.5 Å². The average Bonchev–Trinajstić information content (AvgIpc) is 2.61. The summed E-state index contributed by atoms with van der Waals surface area (Å²) in [4.78, 5) is 11.6. The molecule has 0 aliphatic carbocycles. The maximum Gasteiger partial charge on any atom is 0.508 e. The van der Waals surface area contributed by atoms with E-state index in [4.69, 9.17) is 4.74 Å². The van der Waals surface area contributed by atoms with Gasteiger partial charge in [-0.3, -0.25) is 4.68 Å². The Morgan fingerprint density at radius 3 is 2.53 bits per heavy atom. The number of carbonyl (C=O) groups excluding carboxylic acids is 1. The normalized spacial score (nSPS) is 11.4. The molecule has 0 aliphatic rings. The van der Waals surface area contributed by atoms with Gasteiger partial charge in [-0.05, 0) is 27.7 Å². The van der Waals surface area contributed by atoms with E-state index in [0.29, 0.717) is 0 Å². The molecule has 94 valence electrons. The van der Waals surface area contributed by atoms with Gasteiger partial charge in [0.2, 0.25) is 0 Å². The minimum atomic E-state index is -1.77. The molecule has 0 saturated carbocycles. The Bertz CT molecular complexity index is 409. The van der Waals surface area contributed by atoms with Crippen molar-refractivity contribution >= 4 is 18.7 Å². The lowest BCUT2D eigenvalue weighted by atomic mass is 9.82. The molecule has 0 amide bonds. The van der Waals surface area contributed by atoms with Gasteiger partial charge in [0.25, 0.3) is 0 Å². The standard InChI is InChI=1S/C10H17BN2O4/c1-5-17-9(14)7-6-12-13(10(2,3)4)8(7)11(15)16/h6,15-16H,5H2,1-4H3. The lowest BCUT2D eigenvalue weighted by Crippen LogP contribution is -2.45. The second-order valence-electron chi connectivity index (χ2n) is 4.62.